The van der Waals surface area contributed by atoms with E-state index in [-0.39, 0.29) is 5.91 Å². The smallest absolute Gasteiger partial charge is 0.244 e. The molecule has 4 heteroatoms. The van der Waals surface area contributed by atoms with Gasteiger partial charge in [-0.3, -0.25) is 9.48 Å². The molecule has 0 fully saturated rings. The zero-order chi connectivity index (χ0) is 13.7. The molecule has 1 heterocycles. The zero-order valence-electron chi connectivity index (χ0n) is 11.9. The van der Waals surface area contributed by atoms with Crippen LogP contribution in [0.2, 0.25) is 0 Å². The SMILES string of the molecule is Cc1nn(C)c(C)c1C=CC(=O)NCCC(C)C. The van der Waals surface area contributed by atoms with Crippen molar-refractivity contribution in [2.45, 2.75) is 34.1 Å². The lowest BCUT2D eigenvalue weighted by atomic mass is 10.1. The highest BCUT2D eigenvalue weighted by Gasteiger charge is 2.06. The number of hydrogen-bond donors (Lipinski definition) is 1. The summed E-state index contributed by atoms with van der Waals surface area (Å²) in [6.07, 6.45) is 4.42. The number of nitrogens with zero attached hydrogens (tertiary/aromatic N) is 2. The highest BCUT2D eigenvalue weighted by atomic mass is 16.1. The average molecular weight is 249 g/mol. The molecule has 0 saturated heterocycles. The van der Waals surface area contributed by atoms with Crippen molar-refractivity contribution in [1.82, 2.24) is 15.1 Å². The Morgan fingerprint density at radius 3 is 2.61 bits per heavy atom. The van der Waals surface area contributed by atoms with Gasteiger partial charge in [-0.2, -0.15) is 5.10 Å². The van der Waals surface area contributed by atoms with E-state index < -0.39 is 0 Å². The summed E-state index contributed by atoms with van der Waals surface area (Å²) in [4.78, 5) is 11.6. The summed E-state index contributed by atoms with van der Waals surface area (Å²) in [5, 5.41) is 7.18. The standard InChI is InChI=1S/C14H23N3O/c1-10(2)8-9-15-14(18)7-6-13-11(3)16-17(5)12(13)4/h6-7,10H,8-9H2,1-5H3,(H,15,18). The van der Waals surface area contributed by atoms with Gasteiger partial charge in [0.15, 0.2) is 0 Å². The first-order valence-electron chi connectivity index (χ1n) is 6.38. The summed E-state index contributed by atoms with van der Waals surface area (Å²) in [5.74, 6) is 0.565. The summed E-state index contributed by atoms with van der Waals surface area (Å²) < 4.78 is 1.83. The molecule has 0 spiro atoms. The van der Waals surface area contributed by atoms with Crippen LogP contribution < -0.4 is 5.32 Å². The molecule has 18 heavy (non-hydrogen) atoms. The molecule has 0 aliphatic heterocycles. The van der Waals surface area contributed by atoms with Crippen molar-refractivity contribution in [3.05, 3.63) is 23.0 Å². The van der Waals surface area contributed by atoms with E-state index in [4.69, 9.17) is 0 Å². The van der Waals surface area contributed by atoms with E-state index >= 15 is 0 Å². The van der Waals surface area contributed by atoms with E-state index in [0.717, 1.165) is 29.9 Å². The Bertz CT molecular complexity index is 444. The molecule has 1 aromatic rings. The van der Waals surface area contributed by atoms with Crippen LogP contribution in [0.5, 0.6) is 0 Å². The Balaban J connectivity index is 2.56. The van der Waals surface area contributed by atoms with Crippen molar-refractivity contribution in [1.29, 1.82) is 0 Å². The number of rotatable bonds is 5. The third-order valence-electron chi connectivity index (χ3n) is 2.99. The summed E-state index contributed by atoms with van der Waals surface area (Å²) >= 11 is 0. The normalized spacial score (nSPS) is 11.4. The van der Waals surface area contributed by atoms with Gasteiger partial charge in [0.25, 0.3) is 0 Å². The first kappa shape index (κ1) is 14.5. The van der Waals surface area contributed by atoms with E-state index in [1.807, 2.05) is 31.7 Å². The van der Waals surface area contributed by atoms with Crippen LogP contribution in [0.1, 0.15) is 37.2 Å². The monoisotopic (exact) mass is 249 g/mol. The van der Waals surface area contributed by atoms with Gasteiger partial charge in [0.2, 0.25) is 5.91 Å². The van der Waals surface area contributed by atoms with Crippen LogP contribution in [0.25, 0.3) is 6.08 Å². The van der Waals surface area contributed by atoms with Gasteiger partial charge in [-0.25, -0.2) is 0 Å². The molecule has 0 atom stereocenters. The van der Waals surface area contributed by atoms with Crippen molar-refractivity contribution >= 4 is 12.0 Å². The van der Waals surface area contributed by atoms with Crippen LogP contribution in [0.3, 0.4) is 0 Å². The molecular weight excluding hydrogens is 226 g/mol. The van der Waals surface area contributed by atoms with E-state index in [0.29, 0.717) is 5.92 Å². The third kappa shape index (κ3) is 4.02. The van der Waals surface area contributed by atoms with Crippen molar-refractivity contribution in [2.24, 2.45) is 13.0 Å². The Morgan fingerprint density at radius 2 is 2.11 bits per heavy atom. The molecule has 0 aromatic carbocycles. The van der Waals surface area contributed by atoms with Crippen molar-refractivity contribution in [3.8, 4) is 0 Å². The minimum atomic E-state index is -0.0432. The molecular formula is C14H23N3O. The Hall–Kier alpha value is -1.58. The maximum absolute atomic E-state index is 11.6. The molecule has 4 nitrogen and oxygen atoms in total. The molecule has 0 aliphatic carbocycles. The predicted molar refractivity (Wildman–Crippen MR) is 74.2 cm³/mol. The minimum Gasteiger partial charge on any atom is -0.353 e. The number of carbonyl (C=O) groups is 1. The zero-order valence-corrected chi connectivity index (χ0v) is 11.9. The molecule has 100 valence electrons. The second-order valence-corrected chi connectivity index (χ2v) is 5.01. The molecule has 0 saturated carbocycles. The van der Waals surface area contributed by atoms with Gasteiger partial charge in [0.05, 0.1) is 5.69 Å². The Labute approximate surface area is 109 Å². The maximum Gasteiger partial charge on any atom is 0.244 e. The summed E-state index contributed by atoms with van der Waals surface area (Å²) in [7, 11) is 1.91. The van der Waals surface area contributed by atoms with Crippen LogP contribution in [0.15, 0.2) is 6.08 Å². The highest BCUT2D eigenvalue weighted by molar-refractivity contribution is 5.91. The van der Waals surface area contributed by atoms with E-state index in [1.54, 1.807) is 6.08 Å². The van der Waals surface area contributed by atoms with Gasteiger partial charge < -0.3 is 5.32 Å². The lowest BCUT2D eigenvalue weighted by Gasteiger charge is -2.04. The van der Waals surface area contributed by atoms with Gasteiger partial charge in [-0.05, 0) is 32.3 Å². The minimum absolute atomic E-state index is 0.0432. The fraction of sp³-hybridized carbons (Fsp3) is 0.571. The second kappa shape index (κ2) is 6.38. The van der Waals surface area contributed by atoms with Gasteiger partial charge in [-0.1, -0.05) is 13.8 Å². The highest BCUT2D eigenvalue weighted by Crippen LogP contribution is 2.13. The van der Waals surface area contributed by atoms with Gasteiger partial charge in [-0.15, -0.1) is 0 Å². The quantitative estimate of drug-likeness (QED) is 0.813. The molecule has 0 radical (unpaired) electrons. The van der Waals surface area contributed by atoms with E-state index in [9.17, 15) is 4.79 Å². The first-order valence-corrected chi connectivity index (χ1v) is 6.38. The molecule has 0 bridgehead atoms. The molecule has 1 N–H and O–H groups in total. The number of aryl methyl sites for hydroxylation is 2. The third-order valence-corrected chi connectivity index (χ3v) is 2.99. The number of carbonyl (C=O) groups excluding carboxylic acids is 1. The molecule has 1 amide bonds. The molecule has 1 rings (SSSR count). The average Bonchev–Trinajstić information content (AvgIpc) is 2.50. The maximum atomic E-state index is 11.6. The topological polar surface area (TPSA) is 46.9 Å². The lowest BCUT2D eigenvalue weighted by Crippen LogP contribution is -2.23. The fourth-order valence-corrected chi connectivity index (χ4v) is 1.73. The van der Waals surface area contributed by atoms with Gasteiger partial charge in [0.1, 0.15) is 0 Å². The van der Waals surface area contributed by atoms with Gasteiger partial charge >= 0.3 is 0 Å². The first-order chi connectivity index (χ1) is 8.41. The summed E-state index contributed by atoms with van der Waals surface area (Å²) in [6, 6.07) is 0. The van der Waals surface area contributed by atoms with Gasteiger partial charge in [0, 0.05) is 30.9 Å². The Kier molecular flexibility index (Phi) is 5.13. The fourth-order valence-electron chi connectivity index (χ4n) is 1.73. The molecule has 1 aromatic heterocycles. The van der Waals surface area contributed by atoms with Crippen LogP contribution in [-0.2, 0) is 11.8 Å². The van der Waals surface area contributed by atoms with Crippen molar-refractivity contribution < 1.29 is 4.79 Å². The molecule has 0 unspecified atom stereocenters. The van der Waals surface area contributed by atoms with E-state index in [2.05, 4.69) is 24.3 Å². The van der Waals surface area contributed by atoms with Crippen molar-refractivity contribution in [3.63, 3.8) is 0 Å². The second-order valence-electron chi connectivity index (χ2n) is 5.01. The van der Waals surface area contributed by atoms with Crippen LogP contribution >= 0.6 is 0 Å². The predicted octanol–water partition coefficient (Wildman–Crippen LogP) is 2.21. The van der Waals surface area contributed by atoms with Crippen LogP contribution in [0, 0.1) is 19.8 Å². The summed E-state index contributed by atoms with van der Waals surface area (Å²) in [6.45, 7) is 8.96. The van der Waals surface area contributed by atoms with E-state index in [1.165, 1.54) is 0 Å². The molecule has 0 aliphatic rings. The summed E-state index contributed by atoms with van der Waals surface area (Å²) in [5.41, 5.74) is 3.04. The van der Waals surface area contributed by atoms with Crippen molar-refractivity contribution in [2.75, 3.05) is 6.54 Å². The number of nitrogens with one attached hydrogen (secondary N) is 1. The van der Waals surface area contributed by atoms with Crippen LogP contribution in [0.4, 0.5) is 0 Å². The number of aromatic nitrogens is 2. The lowest BCUT2D eigenvalue weighted by molar-refractivity contribution is -0.116. The number of amides is 1. The number of hydrogen-bond acceptors (Lipinski definition) is 2. The Morgan fingerprint density at radius 1 is 1.44 bits per heavy atom. The largest absolute Gasteiger partial charge is 0.353 e. The van der Waals surface area contributed by atoms with Crippen LogP contribution in [-0.4, -0.2) is 22.2 Å².